The third-order valence-corrected chi connectivity index (χ3v) is 3.97. The predicted octanol–water partition coefficient (Wildman–Crippen LogP) is 3.53. The standard InChI is InChI=1S/C17H16F2N2O/c1-17(19)10-11(15-8-9-16(22)21-20-15)6-7-13(17)12-4-2-3-5-14(12)18/h2-7H,8-10H2,1H3,(H,21,22). The molecule has 0 saturated carbocycles. The molecule has 0 bridgehead atoms. The lowest BCUT2D eigenvalue weighted by atomic mass is 9.80. The van der Waals surface area contributed by atoms with Crippen LogP contribution in [0.2, 0.25) is 0 Å². The van der Waals surface area contributed by atoms with Crippen molar-refractivity contribution in [1.82, 2.24) is 5.43 Å². The van der Waals surface area contributed by atoms with Crippen LogP contribution in [-0.2, 0) is 4.79 Å². The zero-order valence-corrected chi connectivity index (χ0v) is 12.2. The van der Waals surface area contributed by atoms with Gasteiger partial charge in [0.05, 0.1) is 5.71 Å². The van der Waals surface area contributed by atoms with Crippen LogP contribution in [0.1, 0.15) is 31.7 Å². The number of rotatable bonds is 2. The molecule has 3 nitrogen and oxygen atoms in total. The number of amides is 1. The van der Waals surface area contributed by atoms with E-state index in [0.717, 1.165) is 5.57 Å². The van der Waals surface area contributed by atoms with Gasteiger partial charge in [0, 0.05) is 24.8 Å². The van der Waals surface area contributed by atoms with Crippen molar-refractivity contribution in [3.63, 3.8) is 0 Å². The second-order valence-electron chi connectivity index (χ2n) is 5.72. The lowest BCUT2D eigenvalue weighted by molar-refractivity contribution is -0.121. The Morgan fingerprint density at radius 3 is 2.64 bits per heavy atom. The Morgan fingerprint density at radius 2 is 2.00 bits per heavy atom. The average molecular weight is 302 g/mol. The maximum atomic E-state index is 15.1. The molecule has 0 spiro atoms. The Labute approximate surface area is 127 Å². The molecule has 1 aromatic rings. The summed E-state index contributed by atoms with van der Waals surface area (Å²) in [4.78, 5) is 11.1. The van der Waals surface area contributed by atoms with Crippen molar-refractivity contribution in [1.29, 1.82) is 0 Å². The summed E-state index contributed by atoms with van der Waals surface area (Å²) in [6.07, 6.45) is 4.33. The summed E-state index contributed by atoms with van der Waals surface area (Å²) < 4.78 is 29.0. The smallest absolute Gasteiger partial charge is 0.240 e. The molecule has 0 radical (unpaired) electrons. The summed E-state index contributed by atoms with van der Waals surface area (Å²) in [5.41, 5.74) is 2.77. The van der Waals surface area contributed by atoms with E-state index in [1.165, 1.54) is 13.0 Å². The lowest BCUT2D eigenvalue weighted by Crippen LogP contribution is -2.30. The van der Waals surface area contributed by atoms with Gasteiger partial charge in [-0.15, -0.1) is 0 Å². The van der Waals surface area contributed by atoms with E-state index in [0.29, 0.717) is 24.1 Å². The van der Waals surface area contributed by atoms with Gasteiger partial charge in [-0.1, -0.05) is 30.4 Å². The summed E-state index contributed by atoms with van der Waals surface area (Å²) in [6, 6.07) is 6.18. The fraction of sp³-hybridized carbons (Fsp3) is 0.294. The van der Waals surface area contributed by atoms with Gasteiger partial charge >= 0.3 is 0 Å². The maximum absolute atomic E-state index is 15.1. The van der Waals surface area contributed by atoms with Crippen LogP contribution >= 0.6 is 0 Å². The Balaban J connectivity index is 1.97. The number of hydrogen-bond donors (Lipinski definition) is 1. The number of halogens is 2. The van der Waals surface area contributed by atoms with Crippen molar-refractivity contribution in [2.24, 2.45) is 5.10 Å². The minimum Gasteiger partial charge on any atom is -0.273 e. The van der Waals surface area contributed by atoms with Crippen molar-refractivity contribution in [3.8, 4) is 0 Å². The number of hydrazone groups is 1. The predicted molar refractivity (Wildman–Crippen MR) is 81.4 cm³/mol. The van der Waals surface area contributed by atoms with E-state index in [9.17, 15) is 9.18 Å². The first-order chi connectivity index (χ1) is 10.5. The fourth-order valence-electron chi connectivity index (χ4n) is 2.82. The van der Waals surface area contributed by atoms with Crippen LogP contribution in [0.3, 0.4) is 0 Å². The topological polar surface area (TPSA) is 41.5 Å². The molecule has 0 saturated heterocycles. The SMILES string of the molecule is CC1(F)CC(C2=NNC(=O)CC2)=CC=C1c1ccccc1F. The number of alkyl halides is 1. The summed E-state index contributed by atoms with van der Waals surface area (Å²) in [5, 5.41) is 3.99. The van der Waals surface area contributed by atoms with Crippen molar-refractivity contribution >= 4 is 17.2 Å². The van der Waals surface area contributed by atoms with Crippen LogP contribution in [-0.4, -0.2) is 17.3 Å². The number of benzene rings is 1. The van der Waals surface area contributed by atoms with E-state index in [-0.39, 0.29) is 17.9 Å². The van der Waals surface area contributed by atoms with E-state index in [4.69, 9.17) is 0 Å². The van der Waals surface area contributed by atoms with Crippen LogP contribution in [0.4, 0.5) is 8.78 Å². The number of carbonyl (C=O) groups is 1. The molecule has 1 amide bonds. The molecular weight excluding hydrogens is 286 g/mol. The summed E-state index contributed by atoms with van der Waals surface area (Å²) in [5.74, 6) is -0.567. The van der Waals surface area contributed by atoms with E-state index >= 15 is 4.39 Å². The fourth-order valence-corrected chi connectivity index (χ4v) is 2.82. The first kappa shape index (κ1) is 14.6. The molecule has 1 aromatic carbocycles. The highest BCUT2D eigenvalue weighted by Crippen LogP contribution is 2.40. The monoisotopic (exact) mass is 302 g/mol. The van der Waals surface area contributed by atoms with Gasteiger partial charge in [0.15, 0.2) is 0 Å². The first-order valence-corrected chi connectivity index (χ1v) is 7.18. The molecule has 5 heteroatoms. The summed E-state index contributed by atoms with van der Waals surface area (Å²) >= 11 is 0. The second-order valence-corrected chi connectivity index (χ2v) is 5.72. The number of hydrogen-bond acceptors (Lipinski definition) is 2. The Hall–Kier alpha value is -2.30. The molecule has 114 valence electrons. The normalized spacial score (nSPS) is 25.0. The molecule has 2 aliphatic rings. The highest BCUT2D eigenvalue weighted by Gasteiger charge is 2.35. The lowest BCUT2D eigenvalue weighted by Gasteiger charge is -2.30. The van der Waals surface area contributed by atoms with Gasteiger partial charge in [-0.05, 0) is 24.1 Å². The third-order valence-electron chi connectivity index (χ3n) is 3.97. The van der Waals surface area contributed by atoms with E-state index in [1.807, 2.05) is 0 Å². The van der Waals surface area contributed by atoms with Gasteiger partial charge in [0.2, 0.25) is 5.91 Å². The van der Waals surface area contributed by atoms with Gasteiger partial charge in [-0.25, -0.2) is 14.2 Å². The van der Waals surface area contributed by atoms with Gasteiger partial charge in [-0.3, -0.25) is 4.79 Å². The minimum absolute atomic E-state index is 0.113. The van der Waals surface area contributed by atoms with Crippen molar-refractivity contribution in [2.75, 3.05) is 0 Å². The largest absolute Gasteiger partial charge is 0.273 e. The molecular formula is C17H16F2N2O. The molecule has 3 rings (SSSR count). The number of allylic oxidation sites excluding steroid dienone is 4. The van der Waals surface area contributed by atoms with E-state index < -0.39 is 11.5 Å². The zero-order chi connectivity index (χ0) is 15.7. The molecule has 1 atom stereocenters. The Morgan fingerprint density at radius 1 is 1.23 bits per heavy atom. The third kappa shape index (κ3) is 2.71. The van der Waals surface area contributed by atoms with Crippen LogP contribution < -0.4 is 5.43 Å². The Bertz CT molecular complexity index is 717. The van der Waals surface area contributed by atoms with Crippen LogP contribution in [0.5, 0.6) is 0 Å². The summed E-state index contributed by atoms with van der Waals surface area (Å²) in [7, 11) is 0. The van der Waals surface area contributed by atoms with Crippen LogP contribution in [0.15, 0.2) is 47.1 Å². The minimum atomic E-state index is -1.68. The number of nitrogens with zero attached hydrogens (tertiary/aromatic N) is 1. The molecule has 1 heterocycles. The summed E-state index contributed by atoms with van der Waals surface area (Å²) in [6.45, 7) is 1.44. The second kappa shape index (κ2) is 5.48. The molecule has 1 aliphatic carbocycles. The Kier molecular flexibility index (Phi) is 3.64. The van der Waals surface area contributed by atoms with Gasteiger partial charge < -0.3 is 0 Å². The molecule has 0 fully saturated rings. The van der Waals surface area contributed by atoms with E-state index in [1.54, 1.807) is 30.4 Å². The number of nitrogens with one attached hydrogen (secondary N) is 1. The molecule has 1 N–H and O–H groups in total. The highest BCUT2D eigenvalue weighted by atomic mass is 19.1. The van der Waals surface area contributed by atoms with Crippen molar-refractivity contribution < 1.29 is 13.6 Å². The molecule has 0 aromatic heterocycles. The van der Waals surface area contributed by atoms with Crippen LogP contribution in [0, 0.1) is 5.82 Å². The van der Waals surface area contributed by atoms with E-state index in [2.05, 4.69) is 10.5 Å². The van der Waals surface area contributed by atoms with Gasteiger partial charge in [0.25, 0.3) is 0 Å². The number of carbonyl (C=O) groups excluding carboxylic acids is 1. The molecule has 1 aliphatic heterocycles. The first-order valence-electron chi connectivity index (χ1n) is 7.18. The maximum Gasteiger partial charge on any atom is 0.240 e. The zero-order valence-electron chi connectivity index (χ0n) is 12.2. The average Bonchev–Trinajstić information content (AvgIpc) is 2.48. The van der Waals surface area contributed by atoms with Gasteiger partial charge in [0.1, 0.15) is 11.5 Å². The molecule has 1 unspecified atom stereocenters. The van der Waals surface area contributed by atoms with Crippen LogP contribution in [0.25, 0.3) is 5.57 Å². The van der Waals surface area contributed by atoms with Crippen molar-refractivity contribution in [2.45, 2.75) is 31.9 Å². The highest BCUT2D eigenvalue weighted by molar-refractivity contribution is 6.05. The quantitative estimate of drug-likeness (QED) is 0.892. The van der Waals surface area contributed by atoms with Gasteiger partial charge in [-0.2, -0.15) is 5.10 Å². The van der Waals surface area contributed by atoms with Crippen molar-refractivity contribution in [3.05, 3.63) is 53.4 Å². The molecule has 22 heavy (non-hydrogen) atoms.